The molecule has 0 atom stereocenters. The van der Waals surface area contributed by atoms with Crippen LogP contribution in [0.5, 0.6) is 11.5 Å². The number of methoxy groups -OCH3 is 2. The highest BCUT2D eigenvalue weighted by molar-refractivity contribution is 5.82. The van der Waals surface area contributed by atoms with Crippen LogP contribution in [-0.4, -0.2) is 26.2 Å². The number of hydrogen-bond donors (Lipinski definition) is 0. The van der Waals surface area contributed by atoms with Gasteiger partial charge in [-0.1, -0.05) is 24.3 Å². The summed E-state index contributed by atoms with van der Waals surface area (Å²) in [6.07, 6.45) is 6.34. The quantitative estimate of drug-likeness (QED) is 0.357. The maximum Gasteiger partial charge on any atom is 0.330 e. The predicted octanol–water partition coefficient (Wildman–Crippen LogP) is 2.36. The van der Waals surface area contributed by atoms with E-state index in [1.807, 2.05) is 0 Å². The van der Waals surface area contributed by atoms with Crippen LogP contribution in [0.2, 0.25) is 0 Å². The molecular weight excluding hydrogens is 260 g/mol. The highest BCUT2D eigenvalue weighted by Crippen LogP contribution is 2.28. The fraction of sp³-hybridized carbons (Fsp3) is 0.200. The van der Waals surface area contributed by atoms with Crippen molar-refractivity contribution in [3.63, 3.8) is 0 Å². The number of esters is 2. The van der Waals surface area contributed by atoms with E-state index >= 15 is 0 Å². The van der Waals surface area contributed by atoms with E-state index in [9.17, 15) is 9.59 Å². The minimum Gasteiger partial charge on any atom is -0.493 e. The SMILES string of the molecule is COC(=O)C=CC=Cc1ccc(OC(C)=O)c(OC)c1. The minimum absolute atomic E-state index is 0.363. The Labute approximate surface area is 117 Å². The lowest BCUT2D eigenvalue weighted by Gasteiger charge is -2.08. The van der Waals surface area contributed by atoms with Crippen molar-refractivity contribution in [2.45, 2.75) is 6.92 Å². The monoisotopic (exact) mass is 276 g/mol. The van der Waals surface area contributed by atoms with Crippen molar-refractivity contribution < 1.29 is 23.8 Å². The third kappa shape index (κ3) is 4.97. The Balaban J connectivity index is 2.82. The molecule has 0 aliphatic heterocycles. The number of rotatable bonds is 5. The number of allylic oxidation sites excluding steroid dienone is 2. The minimum atomic E-state index is -0.419. The van der Waals surface area contributed by atoms with E-state index in [1.54, 1.807) is 36.4 Å². The molecule has 1 aromatic carbocycles. The third-order valence-corrected chi connectivity index (χ3v) is 2.27. The maximum absolute atomic E-state index is 10.9. The molecule has 0 aliphatic rings. The van der Waals surface area contributed by atoms with Crippen molar-refractivity contribution in [3.05, 3.63) is 42.0 Å². The van der Waals surface area contributed by atoms with Crippen LogP contribution >= 0.6 is 0 Å². The van der Waals surface area contributed by atoms with Crippen molar-refractivity contribution in [1.29, 1.82) is 0 Å². The van der Waals surface area contributed by atoms with Crippen molar-refractivity contribution in [2.24, 2.45) is 0 Å². The normalized spacial score (nSPS) is 10.8. The molecule has 0 radical (unpaired) electrons. The zero-order valence-electron chi connectivity index (χ0n) is 11.6. The van der Waals surface area contributed by atoms with Gasteiger partial charge in [-0.2, -0.15) is 0 Å². The summed E-state index contributed by atoms with van der Waals surface area (Å²) < 4.78 is 14.6. The van der Waals surface area contributed by atoms with Crippen LogP contribution in [0.3, 0.4) is 0 Å². The van der Waals surface area contributed by atoms with E-state index in [0.29, 0.717) is 11.5 Å². The molecule has 0 heterocycles. The molecule has 0 saturated heterocycles. The van der Waals surface area contributed by atoms with Gasteiger partial charge in [0.15, 0.2) is 11.5 Å². The number of hydrogen-bond acceptors (Lipinski definition) is 5. The highest BCUT2D eigenvalue weighted by Gasteiger charge is 2.06. The van der Waals surface area contributed by atoms with Gasteiger partial charge in [0.05, 0.1) is 14.2 Å². The van der Waals surface area contributed by atoms with E-state index < -0.39 is 11.9 Å². The number of carbonyl (C=O) groups excluding carboxylic acids is 2. The summed E-state index contributed by atoms with van der Waals surface area (Å²) >= 11 is 0. The number of ether oxygens (including phenoxy) is 3. The first-order valence-electron chi connectivity index (χ1n) is 5.86. The van der Waals surface area contributed by atoms with Crippen molar-refractivity contribution in [1.82, 2.24) is 0 Å². The van der Waals surface area contributed by atoms with Gasteiger partial charge in [-0.05, 0) is 17.7 Å². The number of carbonyl (C=O) groups is 2. The molecule has 20 heavy (non-hydrogen) atoms. The van der Waals surface area contributed by atoms with Gasteiger partial charge in [0, 0.05) is 13.0 Å². The van der Waals surface area contributed by atoms with Gasteiger partial charge in [0.25, 0.3) is 0 Å². The molecule has 0 saturated carbocycles. The van der Waals surface area contributed by atoms with Crippen LogP contribution < -0.4 is 9.47 Å². The summed E-state index contributed by atoms with van der Waals surface area (Å²) in [6.45, 7) is 1.32. The molecular formula is C15H16O5. The van der Waals surface area contributed by atoms with Crippen molar-refractivity contribution >= 4 is 18.0 Å². The van der Waals surface area contributed by atoms with Gasteiger partial charge < -0.3 is 14.2 Å². The lowest BCUT2D eigenvalue weighted by Crippen LogP contribution is -2.02. The van der Waals surface area contributed by atoms with Gasteiger partial charge >= 0.3 is 11.9 Å². The summed E-state index contributed by atoms with van der Waals surface area (Å²) in [5.74, 6) is -0.00779. The Morgan fingerprint density at radius 3 is 2.45 bits per heavy atom. The van der Waals surface area contributed by atoms with E-state index in [1.165, 1.54) is 27.2 Å². The Bertz CT molecular complexity index is 543. The molecule has 0 aromatic heterocycles. The highest BCUT2D eigenvalue weighted by atomic mass is 16.6. The standard InChI is InChI=1S/C15H16O5/c1-11(16)20-13-9-8-12(10-14(13)18-2)6-4-5-7-15(17)19-3/h4-10H,1-3H3. The summed E-state index contributed by atoms with van der Waals surface area (Å²) in [7, 11) is 2.81. The molecule has 0 aliphatic carbocycles. The van der Waals surface area contributed by atoms with Gasteiger partial charge in [0.1, 0.15) is 0 Å². The fourth-order valence-electron chi connectivity index (χ4n) is 1.40. The molecule has 106 valence electrons. The summed E-state index contributed by atoms with van der Waals surface area (Å²) in [5, 5.41) is 0. The first kappa shape index (κ1) is 15.5. The van der Waals surface area contributed by atoms with Gasteiger partial charge in [-0.15, -0.1) is 0 Å². The van der Waals surface area contributed by atoms with Crippen LogP contribution in [0.1, 0.15) is 12.5 Å². The fourth-order valence-corrected chi connectivity index (χ4v) is 1.40. The Morgan fingerprint density at radius 1 is 1.10 bits per heavy atom. The summed E-state index contributed by atoms with van der Waals surface area (Å²) in [6, 6.07) is 5.13. The molecule has 0 fully saturated rings. The van der Waals surface area contributed by atoms with Gasteiger partial charge in [0.2, 0.25) is 0 Å². The van der Waals surface area contributed by atoms with E-state index in [0.717, 1.165) is 5.56 Å². The van der Waals surface area contributed by atoms with Gasteiger partial charge in [-0.3, -0.25) is 4.79 Å². The first-order chi connectivity index (χ1) is 9.56. The Hall–Kier alpha value is -2.56. The van der Waals surface area contributed by atoms with Crippen LogP contribution in [0, 0.1) is 0 Å². The van der Waals surface area contributed by atoms with E-state index in [2.05, 4.69) is 4.74 Å². The first-order valence-corrected chi connectivity index (χ1v) is 5.86. The summed E-state index contributed by atoms with van der Waals surface area (Å²) in [4.78, 5) is 21.8. The topological polar surface area (TPSA) is 61.8 Å². The van der Waals surface area contributed by atoms with E-state index in [-0.39, 0.29) is 0 Å². The lowest BCUT2D eigenvalue weighted by atomic mass is 10.2. The van der Waals surface area contributed by atoms with Crippen LogP contribution in [0.15, 0.2) is 36.4 Å². The molecule has 1 rings (SSSR count). The maximum atomic E-state index is 10.9. The molecule has 5 nitrogen and oxygen atoms in total. The molecule has 0 bridgehead atoms. The van der Waals surface area contributed by atoms with Crippen molar-refractivity contribution in [3.8, 4) is 11.5 Å². The van der Waals surface area contributed by atoms with Crippen LogP contribution in [-0.2, 0) is 14.3 Å². The molecule has 0 unspecified atom stereocenters. The average Bonchev–Trinajstić information content (AvgIpc) is 2.43. The van der Waals surface area contributed by atoms with Gasteiger partial charge in [-0.25, -0.2) is 4.79 Å². The smallest absolute Gasteiger partial charge is 0.330 e. The Kier molecular flexibility index (Phi) is 6.03. The largest absolute Gasteiger partial charge is 0.493 e. The average molecular weight is 276 g/mol. The second-order valence-corrected chi connectivity index (χ2v) is 3.75. The van der Waals surface area contributed by atoms with Crippen LogP contribution in [0.25, 0.3) is 6.08 Å². The number of benzene rings is 1. The molecule has 1 aromatic rings. The van der Waals surface area contributed by atoms with Crippen LogP contribution in [0.4, 0.5) is 0 Å². The van der Waals surface area contributed by atoms with Crippen molar-refractivity contribution in [2.75, 3.05) is 14.2 Å². The second-order valence-electron chi connectivity index (χ2n) is 3.75. The third-order valence-electron chi connectivity index (χ3n) is 2.27. The molecule has 0 spiro atoms. The summed E-state index contributed by atoms with van der Waals surface area (Å²) in [5.41, 5.74) is 0.840. The zero-order valence-corrected chi connectivity index (χ0v) is 11.6. The second kappa shape index (κ2) is 7.78. The molecule has 0 N–H and O–H groups in total. The van der Waals surface area contributed by atoms with E-state index in [4.69, 9.17) is 9.47 Å². The lowest BCUT2D eigenvalue weighted by molar-refractivity contribution is -0.135. The molecule has 5 heteroatoms. The molecule has 0 amide bonds. The Morgan fingerprint density at radius 2 is 1.85 bits per heavy atom. The predicted molar refractivity (Wildman–Crippen MR) is 74.5 cm³/mol. The zero-order chi connectivity index (χ0) is 15.0.